The van der Waals surface area contributed by atoms with E-state index < -0.39 is 0 Å². The summed E-state index contributed by atoms with van der Waals surface area (Å²) in [6.45, 7) is 4.90. The van der Waals surface area contributed by atoms with Gasteiger partial charge in [-0.1, -0.05) is 0 Å². The number of rotatable bonds is 4. The van der Waals surface area contributed by atoms with Crippen LogP contribution >= 0.6 is 0 Å². The van der Waals surface area contributed by atoms with E-state index in [9.17, 15) is 4.79 Å². The van der Waals surface area contributed by atoms with Crippen molar-refractivity contribution in [2.45, 2.75) is 13.8 Å². The molecule has 0 atom stereocenters. The van der Waals surface area contributed by atoms with Crippen LogP contribution in [0.1, 0.15) is 12.5 Å². The van der Waals surface area contributed by atoms with Crippen LogP contribution in [0, 0.1) is 6.92 Å². The number of amides is 1. The second-order valence-electron chi connectivity index (χ2n) is 3.52. The van der Waals surface area contributed by atoms with Crippen molar-refractivity contribution in [3.8, 4) is 0 Å². The molecule has 4 nitrogen and oxygen atoms in total. The van der Waals surface area contributed by atoms with E-state index in [4.69, 9.17) is 11.5 Å². The molecule has 0 aliphatic heterocycles. The minimum Gasteiger partial charge on any atom is -0.399 e. The second-order valence-corrected chi connectivity index (χ2v) is 3.52. The Labute approximate surface area is 89.9 Å². The molecule has 0 aromatic heterocycles. The molecule has 0 heterocycles. The summed E-state index contributed by atoms with van der Waals surface area (Å²) in [5.41, 5.74) is 13.6. The Bertz CT molecular complexity index is 363. The lowest BCUT2D eigenvalue weighted by atomic mass is 10.1. The smallest absolute Gasteiger partial charge is 0.236 e. The van der Waals surface area contributed by atoms with Crippen LogP contribution < -0.4 is 16.4 Å². The number of carbonyl (C=O) groups is 1. The van der Waals surface area contributed by atoms with Gasteiger partial charge in [0.2, 0.25) is 5.91 Å². The Balaban J connectivity index is 2.92. The lowest BCUT2D eigenvalue weighted by Gasteiger charge is -2.22. The molecule has 0 unspecified atom stereocenters. The highest BCUT2D eigenvalue weighted by Crippen LogP contribution is 2.20. The highest BCUT2D eigenvalue weighted by Gasteiger charge is 2.07. The minimum atomic E-state index is -0.327. The summed E-state index contributed by atoms with van der Waals surface area (Å²) in [5, 5.41) is 0. The summed E-state index contributed by atoms with van der Waals surface area (Å²) >= 11 is 0. The fourth-order valence-electron chi connectivity index (χ4n) is 1.43. The molecular formula is C11H17N3O. The van der Waals surface area contributed by atoms with Crippen molar-refractivity contribution in [3.63, 3.8) is 0 Å². The van der Waals surface area contributed by atoms with Gasteiger partial charge < -0.3 is 16.4 Å². The largest absolute Gasteiger partial charge is 0.399 e. The van der Waals surface area contributed by atoms with Gasteiger partial charge in [-0.2, -0.15) is 0 Å². The van der Waals surface area contributed by atoms with Crippen LogP contribution in [-0.4, -0.2) is 19.0 Å². The van der Waals surface area contributed by atoms with Crippen molar-refractivity contribution in [1.29, 1.82) is 0 Å². The van der Waals surface area contributed by atoms with E-state index in [0.29, 0.717) is 0 Å². The summed E-state index contributed by atoms with van der Waals surface area (Å²) < 4.78 is 0. The molecule has 0 spiro atoms. The van der Waals surface area contributed by atoms with Crippen LogP contribution in [0.4, 0.5) is 11.4 Å². The summed E-state index contributed by atoms with van der Waals surface area (Å²) in [7, 11) is 0. The van der Waals surface area contributed by atoms with Gasteiger partial charge in [0.25, 0.3) is 0 Å². The Hall–Kier alpha value is -1.71. The number of aryl methyl sites for hydroxylation is 1. The third-order valence-electron chi connectivity index (χ3n) is 2.35. The molecule has 0 saturated heterocycles. The number of likely N-dealkylation sites (N-methyl/N-ethyl adjacent to an activating group) is 1. The van der Waals surface area contributed by atoms with Crippen LogP contribution in [0.5, 0.6) is 0 Å². The van der Waals surface area contributed by atoms with E-state index in [1.54, 1.807) is 0 Å². The fourth-order valence-corrected chi connectivity index (χ4v) is 1.43. The Morgan fingerprint density at radius 2 is 2.13 bits per heavy atom. The average Bonchev–Trinajstić information content (AvgIpc) is 2.18. The van der Waals surface area contributed by atoms with E-state index >= 15 is 0 Å². The summed E-state index contributed by atoms with van der Waals surface area (Å²) in [4.78, 5) is 12.8. The van der Waals surface area contributed by atoms with Crippen molar-refractivity contribution >= 4 is 17.3 Å². The molecule has 0 radical (unpaired) electrons. The number of hydrogen-bond acceptors (Lipinski definition) is 3. The molecule has 82 valence electrons. The Morgan fingerprint density at radius 1 is 1.47 bits per heavy atom. The molecule has 0 aliphatic carbocycles. The summed E-state index contributed by atoms with van der Waals surface area (Å²) in [6, 6.07) is 5.70. The zero-order valence-corrected chi connectivity index (χ0v) is 9.16. The molecule has 15 heavy (non-hydrogen) atoms. The first-order valence-corrected chi connectivity index (χ1v) is 4.94. The molecule has 1 aromatic rings. The van der Waals surface area contributed by atoms with E-state index in [1.165, 1.54) is 0 Å². The molecule has 0 fully saturated rings. The number of primary amides is 1. The topological polar surface area (TPSA) is 72.3 Å². The van der Waals surface area contributed by atoms with E-state index in [-0.39, 0.29) is 12.5 Å². The maximum Gasteiger partial charge on any atom is 0.236 e. The normalized spacial score (nSPS) is 10.0. The molecule has 0 aliphatic rings. The van der Waals surface area contributed by atoms with Crippen LogP contribution in [0.3, 0.4) is 0 Å². The predicted octanol–water partition coefficient (Wildman–Crippen LogP) is 0.889. The fraction of sp³-hybridized carbons (Fsp3) is 0.364. The van der Waals surface area contributed by atoms with Crippen LogP contribution in [0.25, 0.3) is 0 Å². The van der Waals surface area contributed by atoms with E-state index in [2.05, 4.69) is 0 Å². The Kier molecular flexibility index (Phi) is 3.55. The van der Waals surface area contributed by atoms with Gasteiger partial charge in [0.05, 0.1) is 6.54 Å². The van der Waals surface area contributed by atoms with Crippen LogP contribution in [-0.2, 0) is 4.79 Å². The van der Waals surface area contributed by atoms with Crippen molar-refractivity contribution in [2.24, 2.45) is 5.73 Å². The Morgan fingerprint density at radius 3 is 2.60 bits per heavy atom. The number of nitrogens with two attached hydrogens (primary N) is 2. The third kappa shape index (κ3) is 2.87. The van der Waals surface area contributed by atoms with Crippen LogP contribution in [0.15, 0.2) is 18.2 Å². The maximum absolute atomic E-state index is 10.8. The van der Waals surface area contributed by atoms with E-state index in [1.807, 2.05) is 36.9 Å². The first-order chi connectivity index (χ1) is 7.04. The molecular weight excluding hydrogens is 190 g/mol. The zero-order chi connectivity index (χ0) is 11.4. The van der Waals surface area contributed by atoms with Gasteiger partial charge in [0.1, 0.15) is 0 Å². The van der Waals surface area contributed by atoms with Gasteiger partial charge in [0, 0.05) is 17.9 Å². The zero-order valence-electron chi connectivity index (χ0n) is 9.16. The molecule has 1 amide bonds. The molecule has 4 N–H and O–H groups in total. The second kappa shape index (κ2) is 4.68. The first kappa shape index (κ1) is 11.4. The quantitative estimate of drug-likeness (QED) is 0.720. The minimum absolute atomic E-state index is 0.236. The predicted molar refractivity (Wildman–Crippen MR) is 62.7 cm³/mol. The number of anilines is 2. The molecule has 1 rings (SSSR count). The lowest BCUT2D eigenvalue weighted by molar-refractivity contribution is -0.116. The summed E-state index contributed by atoms with van der Waals surface area (Å²) in [6.07, 6.45) is 0. The van der Waals surface area contributed by atoms with Crippen molar-refractivity contribution in [2.75, 3.05) is 23.7 Å². The molecule has 1 aromatic carbocycles. The number of hydrogen-bond donors (Lipinski definition) is 2. The van der Waals surface area contributed by atoms with Crippen LogP contribution in [0.2, 0.25) is 0 Å². The first-order valence-electron chi connectivity index (χ1n) is 4.94. The van der Waals surface area contributed by atoms with Gasteiger partial charge in [-0.3, -0.25) is 4.79 Å². The average molecular weight is 207 g/mol. The SMILES string of the molecule is CCN(CC(N)=O)c1ccc(N)c(C)c1. The van der Waals surface area contributed by atoms with Crippen molar-refractivity contribution in [1.82, 2.24) is 0 Å². The van der Waals surface area contributed by atoms with Crippen molar-refractivity contribution < 1.29 is 4.79 Å². The number of carbonyl (C=O) groups excluding carboxylic acids is 1. The number of nitrogen functional groups attached to an aromatic ring is 1. The van der Waals surface area contributed by atoms with Gasteiger partial charge in [-0.05, 0) is 37.6 Å². The maximum atomic E-state index is 10.8. The molecule has 4 heteroatoms. The highest BCUT2D eigenvalue weighted by atomic mass is 16.1. The van der Waals surface area contributed by atoms with Crippen molar-refractivity contribution in [3.05, 3.63) is 23.8 Å². The van der Waals surface area contributed by atoms with E-state index in [0.717, 1.165) is 23.5 Å². The van der Waals surface area contributed by atoms with Gasteiger partial charge in [-0.15, -0.1) is 0 Å². The molecule has 0 bridgehead atoms. The van der Waals surface area contributed by atoms with Gasteiger partial charge in [-0.25, -0.2) is 0 Å². The van der Waals surface area contributed by atoms with Gasteiger partial charge in [0.15, 0.2) is 0 Å². The number of nitrogens with zero attached hydrogens (tertiary/aromatic N) is 1. The third-order valence-corrected chi connectivity index (χ3v) is 2.35. The number of benzene rings is 1. The molecule has 0 saturated carbocycles. The highest BCUT2D eigenvalue weighted by molar-refractivity contribution is 5.79. The summed E-state index contributed by atoms with van der Waals surface area (Å²) in [5.74, 6) is -0.327. The lowest BCUT2D eigenvalue weighted by Crippen LogP contribution is -2.33. The monoisotopic (exact) mass is 207 g/mol. The van der Waals surface area contributed by atoms with Gasteiger partial charge >= 0.3 is 0 Å². The standard InChI is InChI=1S/C11H17N3O/c1-3-14(7-11(13)15)9-4-5-10(12)8(2)6-9/h4-6H,3,7,12H2,1-2H3,(H2,13,15).